The first-order valence-corrected chi connectivity index (χ1v) is 6.88. The number of amides is 2. The number of hydrogen-bond acceptors (Lipinski definition) is 3. The van der Waals surface area contributed by atoms with Gasteiger partial charge in [-0.3, -0.25) is 14.3 Å². The summed E-state index contributed by atoms with van der Waals surface area (Å²) >= 11 is 0. The van der Waals surface area contributed by atoms with Crippen LogP contribution in [-0.4, -0.2) is 45.6 Å². The van der Waals surface area contributed by atoms with Crippen LogP contribution in [0.1, 0.15) is 24.3 Å². The zero-order valence-corrected chi connectivity index (χ0v) is 12.6. The fourth-order valence-corrected chi connectivity index (χ4v) is 1.83. The Balaban J connectivity index is 2.67. The van der Waals surface area contributed by atoms with Gasteiger partial charge >= 0.3 is 0 Å². The van der Waals surface area contributed by atoms with E-state index in [9.17, 15) is 9.59 Å². The monoisotopic (exact) mass is 290 g/mol. The van der Waals surface area contributed by atoms with Crippen molar-refractivity contribution in [2.75, 3.05) is 13.1 Å². The van der Waals surface area contributed by atoms with Gasteiger partial charge in [0.1, 0.15) is 11.7 Å². The summed E-state index contributed by atoms with van der Waals surface area (Å²) < 4.78 is 1.66. The summed E-state index contributed by atoms with van der Waals surface area (Å²) in [4.78, 5) is 25.8. The highest BCUT2D eigenvalue weighted by Crippen LogP contribution is 2.00. The second-order valence-corrected chi connectivity index (χ2v) is 4.57. The van der Waals surface area contributed by atoms with Crippen molar-refractivity contribution >= 4 is 11.8 Å². The SMILES string of the molecule is C=CCN(CC=C)C(=O)C(C)NC(=O)c1ccn(CC)n1. The van der Waals surface area contributed by atoms with Crippen molar-refractivity contribution in [3.05, 3.63) is 43.3 Å². The molecule has 0 bridgehead atoms. The molecule has 2 amide bonds. The van der Waals surface area contributed by atoms with Crippen LogP contribution in [0.3, 0.4) is 0 Å². The van der Waals surface area contributed by atoms with E-state index >= 15 is 0 Å². The molecule has 1 unspecified atom stereocenters. The van der Waals surface area contributed by atoms with Gasteiger partial charge in [-0.15, -0.1) is 13.2 Å². The number of aryl methyl sites for hydroxylation is 1. The minimum absolute atomic E-state index is 0.182. The van der Waals surface area contributed by atoms with Crippen molar-refractivity contribution < 1.29 is 9.59 Å². The quantitative estimate of drug-likeness (QED) is 0.732. The number of carbonyl (C=O) groups is 2. The Morgan fingerprint density at radius 2 is 2.05 bits per heavy atom. The number of nitrogens with one attached hydrogen (secondary N) is 1. The van der Waals surface area contributed by atoms with Crippen LogP contribution < -0.4 is 5.32 Å². The van der Waals surface area contributed by atoms with E-state index < -0.39 is 6.04 Å². The summed E-state index contributed by atoms with van der Waals surface area (Å²) in [5.74, 6) is -0.543. The lowest BCUT2D eigenvalue weighted by Gasteiger charge is -2.23. The van der Waals surface area contributed by atoms with Crippen LogP contribution in [0.25, 0.3) is 0 Å². The summed E-state index contributed by atoms with van der Waals surface area (Å²) in [6.45, 7) is 12.3. The molecule has 0 spiro atoms. The Morgan fingerprint density at radius 3 is 2.52 bits per heavy atom. The maximum atomic E-state index is 12.2. The molecule has 6 nitrogen and oxygen atoms in total. The third-order valence-electron chi connectivity index (χ3n) is 2.93. The fourth-order valence-electron chi connectivity index (χ4n) is 1.83. The van der Waals surface area contributed by atoms with Crippen LogP contribution in [0.4, 0.5) is 0 Å². The van der Waals surface area contributed by atoms with Crippen molar-refractivity contribution in [3.63, 3.8) is 0 Å². The van der Waals surface area contributed by atoms with Crippen LogP contribution >= 0.6 is 0 Å². The molecule has 0 aliphatic rings. The summed E-state index contributed by atoms with van der Waals surface area (Å²) in [6.07, 6.45) is 5.00. The molecule has 0 aromatic carbocycles. The minimum Gasteiger partial charge on any atom is -0.339 e. The van der Waals surface area contributed by atoms with Gasteiger partial charge in [-0.25, -0.2) is 0 Å². The van der Waals surface area contributed by atoms with Crippen molar-refractivity contribution in [2.24, 2.45) is 0 Å². The number of hydrogen-bond donors (Lipinski definition) is 1. The zero-order chi connectivity index (χ0) is 15.8. The van der Waals surface area contributed by atoms with Gasteiger partial charge in [-0.1, -0.05) is 12.2 Å². The summed E-state index contributed by atoms with van der Waals surface area (Å²) in [7, 11) is 0. The molecule has 0 aliphatic heterocycles. The van der Waals surface area contributed by atoms with E-state index in [0.717, 1.165) is 0 Å². The predicted octanol–water partition coefficient (Wildman–Crippen LogP) is 1.22. The fraction of sp³-hybridized carbons (Fsp3) is 0.400. The minimum atomic E-state index is -0.635. The molecule has 0 fully saturated rings. The average Bonchev–Trinajstić information content (AvgIpc) is 2.95. The second-order valence-electron chi connectivity index (χ2n) is 4.57. The number of carbonyl (C=O) groups excluding carboxylic acids is 2. The van der Waals surface area contributed by atoms with Gasteiger partial charge in [0, 0.05) is 25.8 Å². The normalized spacial score (nSPS) is 11.5. The van der Waals surface area contributed by atoms with E-state index in [0.29, 0.717) is 25.3 Å². The molecule has 0 radical (unpaired) electrons. The van der Waals surface area contributed by atoms with Gasteiger partial charge in [0.05, 0.1) is 0 Å². The lowest BCUT2D eigenvalue weighted by atomic mass is 10.2. The van der Waals surface area contributed by atoms with E-state index in [2.05, 4.69) is 23.6 Å². The van der Waals surface area contributed by atoms with Gasteiger partial charge in [0.25, 0.3) is 5.91 Å². The number of aromatic nitrogens is 2. The van der Waals surface area contributed by atoms with Crippen molar-refractivity contribution in [1.82, 2.24) is 20.0 Å². The largest absolute Gasteiger partial charge is 0.339 e. The van der Waals surface area contributed by atoms with Gasteiger partial charge in [-0.05, 0) is 19.9 Å². The highest BCUT2D eigenvalue weighted by Gasteiger charge is 2.21. The second kappa shape index (κ2) is 8.04. The lowest BCUT2D eigenvalue weighted by Crippen LogP contribution is -2.47. The summed E-state index contributed by atoms with van der Waals surface area (Å²) in [5, 5.41) is 6.76. The Hall–Kier alpha value is -2.37. The molecule has 0 saturated carbocycles. The molecule has 1 aromatic rings. The van der Waals surface area contributed by atoms with Crippen LogP contribution in [0, 0.1) is 0 Å². The van der Waals surface area contributed by atoms with Crippen molar-refractivity contribution in [2.45, 2.75) is 26.4 Å². The molecule has 1 N–H and O–H groups in total. The van der Waals surface area contributed by atoms with Crippen LogP contribution in [0.15, 0.2) is 37.6 Å². The van der Waals surface area contributed by atoms with E-state index in [1.165, 1.54) is 0 Å². The van der Waals surface area contributed by atoms with E-state index in [1.54, 1.807) is 40.9 Å². The molecular weight excluding hydrogens is 268 g/mol. The van der Waals surface area contributed by atoms with E-state index in [1.807, 2.05) is 6.92 Å². The highest BCUT2D eigenvalue weighted by molar-refractivity contribution is 5.95. The molecule has 0 saturated heterocycles. The number of rotatable bonds is 8. The molecule has 1 heterocycles. The molecule has 21 heavy (non-hydrogen) atoms. The smallest absolute Gasteiger partial charge is 0.272 e. The van der Waals surface area contributed by atoms with Gasteiger partial charge in [0.15, 0.2) is 0 Å². The Kier molecular flexibility index (Phi) is 6.39. The van der Waals surface area contributed by atoms with Gasteiger partial charge in [0.2, 0.25) is 5.91 Å². The first-order chi connectivity index (χ1) is 10.0. The van der Waals surface area contributed by atoms with Gasteiger partial charge < -0.3 is 10.2 Å². The number of nitrogens with zero attached hydrogens (tertiary/aromatic N) is 3. The van der Waals surface area contributed by atoms with E-state index in [-0.39, 0.29) is 11.8 Å². The first kappa shape index (κ1) is 16.7. The highest BCUT2D eigenvalue weighted by atomic mass is 16.2. The third kappa shape index (κ3) is 4.59. The third-order valence-corrected chi connectivity index (χ3v) is 2.93. The molecular formula is C15H22N4O2. The molecule has 6 heteroatoms. The average molecular weight is 290 g/mol. The molecule has 1 aromatic heterocycles. The standard InChI is InChI=1S/C15H22N4O2/c1-5-9-18(10-6-2)15(21)12(4)16-14(20)13-8-11-19(7-3)17-13/h5-6,8,11-12H,1-2,7,9-10H2,3-4H3,(H,16,20). The Bertz CT molecular complexity index is 511. The van der Waals surface area contributed by atoms with Crippen LogP contribution in [0.2, 0.25) is 0 Å². The Morgan fingerprint density at radius 1 is 1.43 bits per heavy atom. The summed E-state index contributed by atoms with van der Waals surface area (Å²) in [6, 6.07) is 0.991. The topological polar surface area (TPSA) is 67.2 Å². The van der Waals surface area contributed by atoms with E-state index in [4.69, 9.17) is 0 Å². The molecule has 114 valence electrons. The molecule has 0 aliphatic carbocycles. The first-order valence-electron chi connectivity index (χ1n) is 6.88. The molecule has 1 rings (SSSR count). The zero-order valence-electron chi connectivity index (χ0n) is 12.6. The maximum absolute atomic E-state index is 12.2. The van der Waals surface area contributed by atoms with Gasteiger partial charge in [-0.2, -0.15) is 5.10 Å². The predicted molar refractivity (Wildman–Crippen MR) is 81.8 cm³/mol. The maximum Gasteiger partial charge on any atom is 0.272 e. The Labute approximate surface area is 125 Å². The van der Waals surface area contributed by atoms with Crippen LogP contribution in [-0.2, 0) is 11.3 Å². The summed E-state index contributed by atoms with van der Waals surface area (Å²) in [5.41, 5.74) is 0.301. The van der Waals surface area contributed by atoms with Crippen LogP contribution in [0.5, 0.6) is 0 Å². The van der Waals surface area contributed by atoms with Crippen molar-refractivity contribution in [1.29, 1.82) is 0 Å². The van der Waals surface area contributed by atoms with Crippen molar-refractivity contribution in [3.8, 4) is 0 Å². The molecule has 1 atom stereocenters. The lowest BCUT2D eigenvalue weighted by molar-refractivity contribution is -0.131.